The summed E-state index contributed by atoms with van der Waals surface area (Å²) < 4.78 is 16.3. The Kier molecular flexibility index (Phi) is 7.79. The number of nitrogens with one attached hydrogen (secondary N) is 2. The number of carbonyl (C=O) groups excluding carboxylic acids is 1. The molecule has 1 saturated heterocycles. The van der Waals surface area contributed by atoms with Crippen molar-refractivity contribution in [3.05, 3.63) is 47.3 Å². The Balaban J connectivity index is 1.75. The normalized spacial score (nSPS) is 16.8. The van der Waals surface area contributed by atoms with Crippen LogP contribution < -0.4 is 29.7 Å². The van der Waals surface area contributed by atoms with Crippen LogP contribution in [0, 0.1) is 6.92 Å². The molecule has 3 heterocycles. The smallest absolute Gasteiger partial charge is 0.255 e. The lowest BCUT2D eigenvalue weighted by molar-refractivity contribution is 0.0940. The Bertz CT molecular complexity index is 1250. The standard InChI is InChI=1S/C27H35N5O4/c1-16-9-11-32(12-10-28-16)25-20-13-17(2)30-27(36-6)24(20)29-15-21(25)26(33)31-18(3)19-7-8-22(34-4)23(14-19)35-5/h7-8,13-16,18,28H,9-12H2,1-6H3,(H,31,33)/t16-,18-/m0/s1. The third kappa shape index (κ3) is 5.16. The van der Waals surface area contributed by atoms with Crippen LogP contribution in [0.1, 0.15) is 47.9 Å². The molecule has 4 rings (SSSR count). The summed E-state index contributed by atoms with van der Waals surface area (Å²) in [5.74, 6) is 1.52. The summed E-state index contributed by atoms with van der Waals surface area (Å²) in [4.78, 5) is 25.1. The van der Waals surface area contributed by atoms with Crippen LogP contribution in [0.4, 0.5) is 5.69 Å². The van der Waals surface area contributed by atoms with Crippen LogP contribution in [0.2, 0.25) is 0 Å². The fraction of sp³-hybridized carbons (Fsp3) is 0.444. The van der Waals surface area contributed by atoms with Crippen molar-refractivity contribution in [1.29, 1.82) is 0 Å². The molecule has 3 aromatic rings. The van der Waals surface area contributed by atoms with E-state index in [-0.39, 0.29) is 11.9 Å². The summed E-state index contributed by atoms with van der Waals surface area (Å²) >= 11 is 0. The number of fused-ring (bicyclic) bond motifs is 1. The fourth-order valence-electron chi connectivity index (χ4n) is 4.64. The molecule has 1 aromatic carbocycles. The first kappa shape index (κ1) is 25.5. The zero-order valence-corrected chi connectivity index (χ0v) is 21.8. The number of nitrogens with zero attached hydrogens (tertiary/aromatic N) is 3. The average molecular weight is 494 g/mol. The lowest BCUT2D eigenvalue weighted by Gasteiger charge is -2.27. The summed E-state index contributed by atoms with van der Waals surface area (Å²) in [6.45, 7) is 8.48. The van der Waals surface area contributed by atoms with E-state index in [1.165, 1.54) is 0 Å². The van der Waals surface area contributed by atoms with Gasteiger partial charge in [0.15, 0.2) is 11.5 Å². The summed E-state index contributed by atoms with van der Waals surface area (Å²) in [6.07, 6.45) is 2.60. The van der Waals surface area contributed by atoms with Crippen LogP contribution in [0.5, 0.6) is 17.4 Å². The van der Waals surface area contributed by atoms with Crippen molar-refractivity contribution < 1.29 is 19.0 Å². The van der Waals surface area contributed by atoms with Gasteiger partial charge in [-0.25, -0.2) is 9.97 Å². The predicted molar refractivity (Wildman–Crippen MR) is 141 cm³/mol. The van der Waals surface area contributed by atoms with Crippen LogP contribution in [0.3, 0.4) is 0 Å². The number of carbonyl (C=O) groups is 1. The van der Waals surface area contributed by atoms with Crippen molar-refractivity contribution in [3.63, 3.8) is 0 Å². The number of anilines is 1. The molecule has 0 unspecified atom stereocenters. The molecule has 36 heavy (non-hydrogen) atoms. The van der Waals surface area contributed by atoms with Crippen LogP contribution in [-0.2, 0) is 0 Å². The molecule has 2 N–H and O–H groups in total. The molecule has 0 radical (unpaired) electrons. The highest BCUT2D eigenvalue weighted by Crippen LogP contribution is 2.35. The summed E-state index contributed by atoms with van der Waals surface area (Å²) in [5.41, 5.74) is 3.74. The van der Waals surface area contributed by atoms with Crippen LogP contribution in [-0.4, -0.2) is 62.9 Å². The third-order valence-corrected chi connectivity index (χ3v) is 6.64. The van der Waals surface area contributed by atoms with Gasteiger partial charge < -0.3 is 29.7 Å². The fourth-order valence-corrected chi connectivity index (χ4v) is 4.64. The number of aryl methyl sites for hydroxylation is 1. The number of amides is 1. The number of hydrogen-bond donors (Lipinski definition) is 2. The van der Waals surface area contributed by atoms with E-state index in [1.54, 1.807) is 27.5 Å². The van der Waals surface area contributed by atoms with Crippen LogP contribution in [0.25, 0.3) is 10.9 Å². The number of rotatable bonds is 7. The minimum atomic E-state index is -0.264. The Labute approximate surface area is 212 Å². The van der Waals surface area contributed by atoms with Gasteiger partial charge in [0, 0.05) is 43.0 Å². The second-order valence-corrected chi connectivity index (χ2v) is 9.13. The number of benzene rings is 1. The Morgan fingerprint density at radius 1 is 1.14 bits per heavy atom. The van der Waals surface area contributed by atoms with Gasteiger partial charge in [0.1, 0.15) is 5.52 Å². The number of aromatic nitrogens is 2. The molecule has 2 atom stereocenters. The largest absolute Gasteiger partial charge is 0.493 e. The number of ether oxygens (including phenoxy) is 3. The minimum absolute atomic E-state index is 0.194. The average Bonchev–Trinajstić information content (AvgIpc) is 3.10. The second-order valence-electron chi connectivity index (χ2n) is 9.13. The molecular formula is C27H35N5O4. The van der Waals surface area contributed by atoms with Crippen molar-refractivity contribution in [3.8, 4) is 17.4 Å². The Morgan fingerprint density at radius 2 is 1.92 bits per heavy atom. The summed E-state index contributed by atoms with van der Waals surface area (Å²) in [7, 11) is 4.79. The molecule has 0 saturated carbocycles. The molecule has 1 aliphatic heterocycles. The zero-order chi connectivity index (χ0) is 25.8. The maximum Gasteiger partial charge on any atom is 0.255 e. The monoisotopic (exact) mass is 493 g/mol. The lowest BCUT2D eigenvalue weighted by Crippen LogP contribution is -2.33. The van der Waals surface area contributed by atoms with Gasteiger partial charge in [0.25, 0.3) is 5.91 Å². The van der Waals surface area contributed by atoms with Crippen molar-refractivity contribution in [2.24, 2.45) is 0 Å². The van der Waals surface area contributed by atoms with E-state index in [4.69, 9.17) is 14.2 Å². The zero-order valence-electron chi connectivity index (χ0n) is 21.8. The van der Waals surface area contributed by atoms with Crippen LogP contribution in [0.15, 0.2) is 30.5 Å². The molecule has 0 bridgehead atoms. The third-order valence-electron chi connectivity index (χ3n) is 6.64. The van der Waals surface area contributed by atoms with E-state index in [1.807, 2.05) is 38.1 Å². The quantitative estimate of drug-likeness (QED) is 0.515. The first-order chi connectivity index (χ1) is 17.4. The number of methoxy groups -OCH3 is 3. The second kappa shape index (κ2) is 11.0. The molecular weight excluding hydrogens is 458 g/mol. The van der Waals surface area contributed by atoms with Gasteiger partial charge in [0.2, 0.25) is 5.88 Å². The van der Waals surface area contributed by atoms with Gasteiger partial charge in [0.05, 0.1) is 38.6 Å². The van der Waals surface area contributed by atoms with Gasteiger partial charge in [-0.1, -0.05) is 6.07 Å². The Hall–Kier alpha value is -3.59. The molecule has 1 fully saturated rings. The van der Waals surface area contributed by atoms with Gasteiger partial charge in [-0.15, -0.1) is 0 Å². The first-order valence-electron chi connectivity index (χ1n) is 12.2. The molecule has 1 aliphatic rings. The van der Waals surface area contributed by atoms with Gasteiger partial charge in [-0.2, -0.15) is 0 Å². The number of hydrogen-bond acceptors (Lipinski definition) is 8. The van der Waals surface area contributed by atoms with Crippen LogP contribution >= 0.6 is 0 Å². The van der Waals surface area contributed by atoms with E-state index < -0.39 is 0 Å². The molecule has 9 heteroatoms. The van der Waals surface area contributed by atoms with Crippen molar-refractivity contribution in [1.82, 2.24) is 20.6 Å². The van der Waals surface area contributed by atoms with Crippen molar-refractivity contribution in [2.45, 2.75) is 39.3 Å². The van der Waals surface area contributed by atoms with Crippen molar-refractivity contribution in [2.75, 3.05) is 45.9 Å². The molecule has 9 nitrogen and oxygen atoms in total. The molecule has 0 spiro atoms. The lowest BCUT2D eigenvalue weighted by atomic mass is 10.0. The SMILES string of the molecule is COc1ccc([C@H](C)NC(=O)c2cnc3c(OC)nc(C)cc3c2N2CCN[C@@H](C)CC2)cc1OC. The topological polar surface area (TPSA) is 97.8 Å². The maximum absolute atomic E-state index is 13.7. The highest BCUT2D eigenvalue weighted by atomic mass is 16.5. The van der Waals surface area contributed by atoms with Gasteiger partial charge >= 0.3 is 0 Å². The molecule has 192 valence electrons. The minimum Gasteiger partial charge on any atom is -0.493 e. The first-order valence-corrected chi connectivity index (χ1v) is 12.2. The van der Waals surface area contributed by atoms with Crippen molar-refractivity contribution >= 4 is 22.5 Å². The van der Waals surface area contributed by atoms with Gasteiger partial charge in [-0.3, -0.25) is 4.79 Å². The highest BCUT2D eigenvalue weighted by molar-refractivity contribution is 6.08. The summed E-state index contributed by atoms with van der Waals surface area (Å²) in [5, 5.41) is 7.54. The molecule has 1 amide bonds. The predicted octanol–water partition coefficient (Wildman–Crippen LogP) is 3.64. The molecule has 2 aromatic heterocycles. The van der Waals surface area contributed by atoms with E-state index in [0.717, 1.165) is 48.4 Å². The van der Waals surface area contributed by atoms with E-state index in [0.29, 0.717) is 34.5 Å². The van der Waals surface area contributed by atoms with E-state index in [9.17, 15) is 4.79 Å². The molecule has 0 aliphatic carbocycles. The van der Waals surface area contributed by atoms with Gasteiger partial charge in [-0.05, 0) is 51.0 Å². The van der Waals surface area contributed by atoms with E-state index >= 15 is 0 Å². The highest BCUT2D eigenvalue weighted by Gasteiger charge is 2.25. The maximum atomic E-state index is 13.7. The Morgan fingerprint density at radius 3 is 2.64 bits per heavy atom. The summed E-state index contributed by atoms with van der Waals surface area (Å²) in [6, 6.07) is 7.77. The van der Waals surface area contributed by atoms with E-state index in [2.05, 4.69) is 32.4 Å². The number of pyridine rings is 2.